The van der Waals surface area contributed by atoms with Crippen LogP contribution in [0.25, 0.3) is 0 Å². The zero-order valence-electron chi connectivity index (χ0n) is 16.9. The van der Waals surface area contributed by atoms with Crippen LogP contribution in [0.15, 0.2) is 24.3 Å². The Morgan fingerprint density at radius 2 is 2.00 bits per heavy atom. The van der Waals surface area contributed by atoms with Gasteiger partial charge in [0.05, 0.1) is 0 Å². The minimum atomic E-state index is -0.155. The van der Waals surface area contributed by atoms with Crippen LogP contribution in [0.4, 0.5) is 0 Å². The first-order valence-corrected chi connectivity index (χ1v) is 10.6. The van der Waals surface area contributed by atoms with Crippen molar-refractivity contribution in [1.82, 2.24) is 0 Å². The molecule has 0 aliphatic heterocycles. The quantitative estimate of drug-likeness (QED) is 0.678. The van der Waals surface area contributed by atoms with Crippen LogP contribution in [0.1, 0.15) is 65.7 Å². The van der Waals surface area contributed by atoms with Crippen molar-refractivity contribution in [1.29, 1.82) is 0 Å². The Kier molecular flexibility index (Phi) is 4.36. The molecule has 4 aliphatic rings. The van der Waals surface area contributed by atoms with Gasteiger partial charge in [-0.05, 0) is 79.6 Å². The predicted molar refractivity (Wildman–Crippen MR) is 105 cm³/mol. The van der Waals surface area contributed by atoms with Gasteiger partial charge in [0.25, 0.3) is 0 Å². The highest BCUT2D eigenvalue weighted by atomic mass is 16.1. The molecule has 0 saturated heterocycles. The lowest BCUT2D eigenvalue weighted by molar-refractivity contribution is -0.135. The van der Waals surface area contributed by atoms with Crippen molar-refractivity contribution in [2.45, 2.75) is 65.7 Å². The van der Waals surface area contributed by atoms with Crippen molar-refractivity contribution < 1.29 is 14.4 Å². The molecule has 4 rings (SSSR count). The number of hydrogen-bond donors (Lipinski definition) is 0. The molecule has 0 spiro atoms. The summed E-state index contributed by atoms with van der Waals surface area (Å²) in [4.78, 5) is 37.6. The van der Waals surface area contributed by atoms with E-state index in [9.17, 15) is 14.4 Å². The largest absolute Gasteiger partial charge is 0.300 e. The van der Waals surface area contributed by atoms with Crippen LogP contribution in [0.2, 0.25) is 0 Å². The van der Waals surface area contributed by atoms with E-state index in [0.29, 0.717) is 42.3 Å². The Morgan fingerprint density at radius 1 is 1.26 bits per heavy atom. The third kappa shape index (κ3) is 2.57. The summed E-state index contributed by atoms with van der Waals surface area (Å²) in [5.74, 6) is 2.29. The van der Waals surface area contributed by atoms with Crippen molar-refractivity contribution in [2.75, 3.05) is 0 Å². The Balaban J connectivity index is 1.73. The molecule has 0 radical (unpaired) electrons. The van der Waals surface area contributed by atoms with E-state index in [2.05, 4.69) is 20.4 Å². The normalized spacial score (nSPS) is 46.2. The average Bonchev–Trinajstić information content (AvgIpc) is 2.89. The number of fused-ring (bicyclic) bond motifs is 5. The van der Waals surface area contributed by atoms with E-state index in [0.717, 1.165) is 37.7 Å². The molecule has 0 aromatic rings. The van der Waals surface area contributed by atoms with Gasteiger partial charge in [-0.25, -0.2) is 0 Å². The van der Waals surface area contributed by atoms with E-state index in [-0.39, 0.29) is 28.3 Å². The fourth-order valence-electron chi connectivity index (χ4n) is 7.81. The van der Waals surface area contributed by atoms with Crippen molar-refractivity contribution in [3.8, 4) is 0 Å². The molecule has 0 heterocycles. The molecule has 0 amide bonds. The lowest BCUT2D eigenvalue weighted by Crippen LogP contribution is -2.53. The summed E-state index contributed by atoms with van der Waals surface area (Å²) in [6, 6.07) is 0. The third-order valence-corrected chi connectivity index (χ3v) is 8.87. The molecule has 0 bridgehead atoms. The zero-order chi connectivity index (χ0) is 19.6. The van der Waals surface area contributed by atoms with Crippen LogP contribution in [0.5, 0.6) is 0 Å². The van der Waals surface area contributed by atoms with Gasteiger partial charge in [0.15, 0.2) is 11.6 Å². The Morgan fingerprint density at radius 3 is 2.67 bits per heavy atom. The van der Waals surface area contributed by atoms with Gasteiger partial charge in [-0.15, -0.1) is 6.58 Å². The minimum absolute atomic E-state index is 0.00300. The Labute approximate surface area is 162 Å². The first-order chi connectivity index (χ1) is 12.7. The van der Waals surface area contributed by atoms with Crippen LogP contribution < -0.4 is 0 Å². The maximum absolute atomic E-state index is 13.0. The molecule has 0 aromatic carbocycles. The predicted octanol–water partition coefficient (Wildman–Crippen LogP) is 4.70. The highest BCUT2D eigenvalue weighted by Gasteiger charge is 2.63. The van der Waals surface area contributed by atoms with E-state index < -0.39 is 0 Å². The maximum atomic E-state index is 13.0. The number of carbonyl (C=O) groups is 3. The molecule has 0 N–H and O–H groups in total. The smallest absolute Gasteiger partial charge is 0.159 e. The summed E-state index contributed by atoms with van der Waals surface area (Å²) in [5, 5.41) is 0. The number of carbonyl (C=O) groups excluding carboxylic acids is 3. The molecule has 3 nitrogen and oxygen atoms in total. The fourth-order valence-corrected chi connectivity index (χ4v) is 7.81. The number of hydrogen-bond acceptors (Lipinski definition) is 3. The summed E-state index contributed by atoms with van der Waals surface area (Å²) in [6.07, 6.45) is 9.59. The van der Waals surface area contributed by atoms with Gasteiger partial charge >= 0.3 is 0 Å². The van der Waals surface area contributed by atoms with Gasteiger partial charge in [0.1, 0.15) is 5.78 Å². The fraction of sp³-hybridized carbons (Fsp3) is 0.708. The molecule has 146 valence electrons. The van der Waals surface area contributed by atoms with Gasteiger partial charge in [0, 0.05) is 24.3 Å². The van der Waals surface area contributed by atoms with Crippen molar-refractivity contribution in [3.63, 3.8) is 0 Å². The third-order valence-electron chi connectivity index (χ3n) is 8.87. The van der Waals surface area contributed by atoms with Crippen molar-refractivity contribution >= 4 is 17.3 Å². The van der Waals surface area contributed by atoms with Crippen molar-refractivity contribution in [2.24, 2.45) is 40.4 Å². The number of ketones is 3. The van der Waals surface area contributed by atoms with E-state index in [1.165, 1.54) is 0 Å². The molecule has 3 fully saturated rings. The monoisotopic (exact) mass is 368 g/mol. The molecule has 7 unspecified atom stereocenters. The number of allylic oxidation sites excluding steroid dienone is 2. The van der Waals surface area contributed by atoms with Gasteiger partial charge in [-0.1, -0.05) is 19.9 Å². The summed E-state index contributed by atoms with van der Waals surface area (Å²) in [7, 11) is 0. The van der Waals surface area contributed by atoms with Crippen molar-refractivity contribution in [3.05, 3.63) is 24.3 Å². The zero-order valence-corrected chi connectivity index (χ0v) is 16.9. The molecule has 4 aliphatic carbocycles. The molecular weight excluding hydrogens is 336 g/mol. The first-order valence-electron chi connectivity index (χ1n) is 10.6. The highest BCUT2D eigenvalue weighted by molar-refractivity contribution is 6.05. The lowest BCUT2D eigenvalue weighted by Gasteiger charge is -2.57. The van der Waals surface area contributed by atoms with Crippen LogP contribution in [0, 0.1) is 40.4 Å². The molecule has 27 heavy (non-hydrogen) atoms. The Bertz CT molecular complexity index is 747. The van der Waals surface area contributed by atoms with Crippen LogP contribution in [0.3, 0.4) is 0 Å². The lowest BCUT2D eigenvalue weighted by atomic mass is 9.46. The standard InChI is InChI=1S/C24H32O3/c1-5-6-15-11-19-17-13-21(27)20-12-16(26)7-9-23(20,3)18(17)8-10-24(19,4)22(15)14(2)25/h5,12,15,17-19,22H,1,6-11,13H2,2-4H3. The number of Topliss-reactive ketones (excluding diaryl/α,β-unsaturated/α-hetero) is 2. The summed E-state index contributed by atoms with van der Waals surface area (Å²) in [6.45, 7) is 10.2. The molecule has 3 saturated carbocycles. The van der Waals surface area contributed by atoms with Gasteiger partial charge < -0.3 is 0 Å². The van der Waals surface area contributed by atoms with Gasteiger partial charge in [-0.3, -0.25) is 14.4 Å². The summed E-state index contributed by atoms with van der Waals surface area (Å²) >= 11 is 0. The van der Waals surface area contributed by atoms with E-state index in [4.69, 9.17) is 0 Å². The molecule has 3 heteroatoms. The number of rotatable bonds is 3. The van der Waals surface area contributed by atoms with Gasteiger partial charge in [-0.2, -0.15) is 0 Å². The second-order valence-electron chi connectivity index (χ2n) is 10.1. The highest BCUT2D eigenvalue weighted by Crippen LogP contribution is 2.67. The second-order valence-corrected chi connectivity index (χ2v) is 10.1. The first kappa shape index (κ1) is 18.8. The topological polar surface area (TPSA) is 51.2 Å². The van der Waals surface area contributed by atoms with E-state index >= 15 is 0 Å². The minimum Gasteiger partial charge on any atom is -0.300 e. The average molecular weight is 369 g/mol. The molecule has 7 atom stereocenters. The van der Waals surface area contributed by atoms with Crippen LogP contribution in [-0.4, -0.2) is 17.3 Å². The summed E-state index contributed by atoms with van der Waals surface area (Å²) < 4.78 is 0. The van der Waals surface area contributed by atoms with Gasteiger partial charge in [0.2, 0.25) is 0 Å². The maximum Gasteiger partial charge on any atom is 0.159 e. The van der Waals surface area contributed by atoms with Crippen LogP contribution >= 0.6 is 0 Å². The molecule has 0 aromatic heterocycles. The van der Waals surface area contributed by atoms with Crippen LogP contribution in [-0.2, 0) is 14.4 Å². The van der Waals surface area contributed by atoms with E-state index in [1.807, 2.05) is 6.08 Å². The molecular formula is C24H32O3. The Hall–Kier alpha value is -1.51. The van der Waals surface area contributed by atoms with E-state index in [1.54, 1.807) is 13.0 Å². The summed E-state index contributed by atoms with van der Waals surface area (Å²) in [5.41, 5.74) is 0.646. The second kappa shape index (κ2) is 6.25. The SMILES string of the molecule is C=CCC1CC2C3CC(=O)C4=CC(=O)CCC4(C)C3CCC2(C)C1C(C)=O.